The van der Waals surface area contributed by atoms with Crippen LogP contribution in [0.5, 0.6) is 17.2 Å². The summed E-state index contributed by atoms with van der Waals surface area (Å²) in [5.74, 6) is 1.44. The third-order valence-electron chi connectivity index (χ3n) is 7.61. The number of aromatic nitrogens is 1. The molecular formula is C39H47NO4. The van der Waals surface area contributed by atoms with Gasteiger partial charge in [0, 0.05) is 18.0 Å². The van der Waals surface area contributed by atoms with Crippen LogP contribution in [0.3, 0.4) is 0 Å². The molecule has 0 N–H and O–H groups in total. The molecule has 0 saturated carbocycles. The third-order valence-corrected chi connectivity index (χ3v) is 7.61. The molecule has 0 aliphatic rings. The first-order valence-corrected chi connectivity index (χ1v) is 15.9. The van der Waals surface area contributed by atoms with E-state index in [1.54, 1.807) is 0 Å². The Balaban J connectivity index is 1.71. The fraction of sp³-hybridized carbons (Fsp3) is 0.359. The number of allylic oxidation sites excluding steroid dienone is 3. The first kappa shape index (κ1) is 32.7. The van der Waals surface area contributed by atoms with Crippen molar-refractivity contribution >= 4 is 10.9 Å². The second-order valence-electron chi connectivity index (χ2n) is 11.6. The maximum atomic E-state index is 14.2. The van der Waals surface area contributed by atoms with Gasteiger partial charge in [0.2, 0.25) is 5.75 Å². The molecular weight excluding hydrogens is 546 g/mol. The van der Waals surface area contributed by atoms with E-state index in [1.165, 1.54) is 11.1 Å². The van der Waals surface area contributed by atoms with Gasteiger partial charge in [0.05, 0.1) is 5.52 Å². The van der Waals surface area contributed by atoms with E-state index in [0.29, 0.717) is 37.9 Å². The minimum Gasteiger partial charge on any atom is -0.489 e. The van der Waals surface area contributed by atoms with Gasteiger partial charge in [-0.2, -0.15) is 0 Å². The van der Waals surface area contributed by atoms with Crippen molar-refractivity contribution in [3.63, 3.8) is 0 Å². The summed E-state index contributed by atoms with van der Waals surface area (Å²) in [6.45, 7) is 10.2. The highest BCUT2D eigenvalue weighted by Crippen LogP contribution is 2.36. The highest BCUT2D eigenvalue weighted by molar-refractivity contribution is 5.89. The molecule has 0 fully saturated rings. The SMILES string of the molecule is CCCCCCn1c(=O)c(OC/C=C(\C)CCC=C(C)C)c(OCc2ccccc2)c2ccc(OCc3ccccc3)cc21. The average molecular weight is 594 g/mol. The Kier molecular flexibility index (Phi) is 12.7. The van der Waals surface area contributed by atoms with Gasteiger partial charge in [-0.1, -0.05) is 104 Å². The molecule has 232 valence electrons. The Bertz CT molecular complexity index is 1580. The van der Waals surface area contributed by atoms with E-state index < -0.39 is 0 Å². The summed E-state index contributed by atoms with van der Waals surface area (Å²) in [5.41, 5.74) is 5.28. The molecule has 0 bridgehead atoms. The average Bonchev–Trinajstić information content (AvgIpc) is 3.03. The first-order chi connectivity index (χ1) is 21.5. The van der Waals surface area contributed by atoms with E-state index in [2.05, 4.69) is 39.8 Å². The van der Waals surface area contributed by atoms with Gasteiger partial charge in [-0.15, -0.1) is 0 Å². The highest BCUT2D eigenvalue weighted by atomic mass is 16.5. The van der Waals surface area contributed by atoms with E-state index in [9.17, 15) is 4.79 Å². The van der Waals surface area contributed by atoms with Crippen LogP contribution in [0.25, 0.3) is 10.9 Å². The number of nitrogens with zero attached hydrogens (tertiary/aromatic N) is 1. The zero-order valence-electron chi connectivity index (χ0n) is 26.8. The topological polar surface area (TPSA) is 49.7 Å². The Morgan fingerprint density at radius 2 is 1.43 bits per heavy atom. The zero-order chi connectivity index (χ0) is 31.1. The Morgan fingerprint density at radius 1 is 0.750 bits per heavy atom. The van der Waals surface area contributed by atoms with Crippen LogP contribution in [0.2, 0.25) is 0 Å². The van der Waals surface area contributed by atoms with Crippen molar-refractivity contribution in [2.45, 2.75) is 86.0 Å². The van der Waals surface area contributed by atoms with E-state index in [-0.39, 0.29) is 11.3 Å². The normalized spacial score (nSPS) is 11.4. The number of aryl methyl sites for hydroxylation is 1. The monoisotopic (exact) mass is 593 g/mol. The number of unbranched alkanes of at least 4 members (excludes halogenated alkanes) is 3. The van der Waals surface area contributed by atoms with Crippen LogP contribution >= 0.6 is 0 Å². The zero-order valence-corrected chi connectivity index (χ0v) is 26.8. The fourth-order valence-electron chi connectivity index (χ4n) is 5.09. The van der Waals surface area contributed by atoms with Crippen LogP contribution in [-0.2, 0) is 19.8 Å². The second kappa shape index (κ2) is 17.1. The third kappa shape index (κ3) is 9.63. The van der Waals surface area contributed by atoms with Gasteiger partial charge in [0.15, 0.2) is 5.75 Å². The van der Waals surface area contributed by atoms with Crippen molar-refractivity contribution in [3.8, 4) is 17.2 Å². The van der Waals surface area contributed by atoms with Gasteiger partial charge in [-0.3, -0.25) is 4.79 Å². The Morgan fingerprint density at radius 3 is 2.09 bits per heavy atom. The van der Waals surface area contributed by atoms with Gasteiger partial charge in [0.1, 0.15) is 25.6 Å². The lowest BCUT2D eigenvalue weighted by molar-refractivity contribution is 0.274. The highest BCUT2D eigenvalue weighted by Gasteiger charge is 2.21. The van der Waals surface area contributed by atoms with E-state index in [1.807, 2.05) is 83.4 Å². The quantitative estimate of drug-likeness (QED) is 0.0903. The van der Waals surface area contributed by atoms with Crippen molar-refractivity contribution < 1.29 is 14.2 Å². The molecule has 44 heavy (non-hydrogen) atoms. The summed E-state index contributed by atoms with van der Waals surface area (Å²) in [4.78, 5) is 14.2. The molecule has 0 amide bonds. The first-order valence-electron chi connectivity index (χ1n) is 15.9. The Hall–Kier alpha value is -4.25. The summed E-state index contributed by atoms with van der Waals surface area (Å²) in [6, 6.07) is 26.0. The molecule has 4 aromatic rings. The van der Waals surface area contributed by atoms with Crippen molar-refractivity contribution in [2.24, 2.45) is 0 Å². The van der Waals surface area contributed by atoms with Crippen LogP contribution in [0, 0.1) is 0 Å². The number of pyridine rings is 1. The van der Waals surface area contributed by atoms with Gasteiger partial charge >= 0.3 is 0 Å². The number of fused-ring (bicyclic) bond motifs is 1. The van der Waals surface area contributed by atoms with Crippen LogP contribution in [0.1, 0.15) is 77.3 Å². The number of hydrogen-bond donors (Lipinski definition) is 0. The van der Waals surface area contributed by atoms with E-state index >= 15 is 0 Å². The van der Waals surface area contributed by atoms with E-state index in [4.69, 9.17) is 14.2 Å². The van der Waals surface area contributed by atoms with Crippen molar-refractivity contribution in [1.29, 1.82) is 0 Å². The number of hydrogen-bond acceptors (Lipinski definition) is 4. The molecule has 0 atom stereocenters. The largest absolute Gasteiger partial charge is 0.489 e. The minimum atomic E-state index is -0.173. The molecule has 5 heteroatoms. The van der Waals surface area contributed by atoms with Crippen molar-refractivity contribution in [3.05, 3.63) is 124 Å². The summed E-state index contributed by atoms with van der Waals surface area (Å²) >= 11 is 0. The van der Waals surface area contributed by atoms with Crippen molar-refractivity contribution in [2.75, 3.05) is 6.61 Å². The fourth-order valence-corrected chi connectivity index (χ4v) is 5.09. The standard InChI is InChI=1S/C39H47NO4/c1-5-6-7-14-25-40-36-27-34(43-28-32-18-10-8-11-19-32)22-23-35(36)37(44-29-33-20-12-9-13-21-33)38(39(40)41)42-26-24-31(4)17-15-16-30(2)3/h8-13,16,18-24,27H,5-7,14-15,17,25-26,28-29H2,1-4H3/b31-24+. The van der Waals surface area contributed by atoms with Crippen LogP contribution in [-0.4, -0.2) is 11.2 Å². The predicted octanol–water partition coefficient (Wildman–Crippen LogP) is 9.81. The molecule has 0 aliphatic heterocycles. The molecule has 0 spiro atoms. The molecule has 0 aliphatic carbocycles. The molecule has 0 unspecified atom stereocenters. The molecule has 0 saturated heterocycles. The molecule has 1 heterocycles. The molecule has 0 radical (unpaired) electrons. The lowest BCUT2D eigenvalue weighted by atomic mass is 10.1. The Labute approximate surface area is 262 Å². The summed E-state index contributed by atoms with van der Waals surface area (Å²) in [7, 11) is 0. The lowest BCUT2D eigenvalue weighted by Crippen LogP contribution is -2.24. The molecule has 4 rings (SSSR count). The van der Waals surface area contributed by atoms with Gasteiger partial charge in [0.25, 0.3) is 5.56 Å². The van der Waals surface area contributed by atoms with Gasteiger partial charge in [-0.25, -0.2) is 0 Å². The van der Waals surface area contributed by atoms with Crippen LogP contribution in [0.4, 0.5) is 0 Å². The smallest absolute Gasteiger partial charge is 0.297 e. The maximum absolute atomic E-state index is 14.2. The molecule has 1 aromatic heterocycles. The van der Waals surface area contributed by atoms with Crippen LogP contribution in [0.15, 0.2) is 107 Å². The van der Waals surface area contributed by atoms with Gasteiger partial charge < -0.3 is 18.8 Å². The molecule has 5 nitrogen and oxygen atoms in total. The lowest BCUT2D eigenvalue weighted by Gasteiger charge is -2.19. The van der Waals surface area contributed by atoms with Crippen LogP contribution < -0.4 is 19.8 Å². The second-order valence-corrected chi connectivity index (χ2v) is 11.6. The minimum absolute atomic E-state index is 0.173. The summed E-state index contributed by atoms with van der Waals surface area (Å²) in [6.07, 6.45) is 10.5. The van der Waals surface area contributed by atoms with Crippen molar-refractivity contribution in [1.82, 2.24) is 4.57 Å². The number of rotatable bonds is 17. The maximum Gasteiger partial charge on any atom is 0.297 e. The number of ether oxygens (including phenoxy) is 3. The van der Waals surface area contributed by atoms with Gasteiger partial charge in [-0.05, 0) is 69.4 Å². The number of benzene rings is 3. The molecule has 3 aromatic carbocycles. The predicted molar refractivity (Wildman–Crippen MR) is 182 cm³/mol. The summed E-state index contributed by atoms with van der Waals surface area (Å²) in [5, 5.41) is 0.836. The van der Waals surface area contributed by atoms with E-state index in [0.717, 1.165) is 60.6 Å². The summed E-state index contributed by atoms with van der Waals surface area (Å²) < 4.78 is 20.7.